The molecule has 11 heavy (non-hydrogen) atoms. The summed E-state index contributed by atoms with van der Waals surface area (Å²) in [5.74, 6) is 0. The smallest absolute Gasteiger partial charge is 0.458 e. The second-order valence-electron chi connectivity index (χ2n) is 2.63. The fourth-order valence-electron chi connectivity index (χ4n) is 1.04. The minimum Gasteiger partial charge on any atom is -0.458 e. The molecule has 0 amide bonds. The zero-order valence-corrected chi connectivity index (χ0v) is 10.1. The van der Waals surface area contributed by atoms with E-state index >= 15 is 0 Å². The Morgan fingerprint density at radius 2 is 2.00 bits per heavy atom. The Kier molecular flexibility index (Phi) is 3.81. The van der Waals surface area contributed by atoms with Crippen LogP contribution in [0.5, 0.6) is 0 Å². The summed E-state index contributed by atoms with van der Waals surface area (Å²) in [4.78, 5) is 1.92. The van der Waals surface area contributed by atoms with Crippen molar-refractivity contribution in [3.63, 3.8) is 0 Å². The Bertz CT molecular complexity index is 226. The Labute approximate surface area is 82.7 Å². The van der Waals surface area contributed by atoms with E-state index in [-0.39, 0.29) is 21.1 Å². The van der Waals surface area contributed by atoms with Crippen molar-refractivity contribution in [3.8, 4) is 0 Å². The van der Waals surface area contributed by atoms with Crippen molar-refractivity contribution in [2.24, 2.45) is 0 Å². The van der Waals surface area contributed by atoms with Gasteiger partial charge in [-0.15, -0.1) is 23.9 Å². The van der Waals surface area contributed by atoms with Crippen molar-refractivity contribution < 1.29 is 21.1 Å². The second kappa shape index (κ2) is 3.92. The van der Waals surface area contributed by atoms with E-state index in [1.807, 2.05) is 18.9 Å². The quantitative estimate of drug-likeness (QED) is 0.618. The van der Waals surface area contributed by atoms with E-state index in [1.54, 1.807) is 0 Å². The molecule has 0 aliphatic carbocycles. The first kappa shape index (κ1) is 10.7. The van der Waals surface area contributed by atoms with Gasteiger partial charge in [0.25, 0.3) is 0 Å². The van der Waals surface area contributed by atoms with Crippen molar-refractivity contribution in [3.05, 3.63) is 35.7 Å². The van der Waals surface area contributed by atoms with Gasteiger partial charge < -0.3 is 4.90 Å². The van der Waals surface area contributed by atoms with Crippen LogP contribution in [0, 0.1) is 6.20 Å². The molecule has 0 fully saturated rings. The predicted octanol–water partition coefficient (Wildman–Crippen LogP) is 2.10. The van der Waals surface area contributed by atoms with Crippen LogP contribution in [0.1, 0.15) is 13.8 Å². The van der Waals surface area contributed by atoms with Gasteiger partial charge in [0.2, 0.25) is 0 Å². The van der Waals surface area contributed by atoms with Crippen LogP contribution >= 0.6 is 0 Å². The maximum atomic E-state index is 3.89. The molecule has 0 radical (unpaired) electrons. The topological polar surface area (TPSA) is 3.24 Å². The minimum absolute atomic E-state index is 0. The summed E-state index contributed by atoms with van der Waals surface area (Å²) in [6, 6.07) is 0. The van der Waals surface area contributed by atoms with Gasteiger partial charge in [-0.05, 0) is 7.05 Å². The van der Waals surface area contributed by atoms with Gasteiger partial charge in [-0.3, -0.25) is 0 Å². The molecule has 1 nitrogen and oxygen atoms in total. The summed E-state index contributed by atoms with van der Waals surface area (Å²) in [6.07, 6.45) is 5.22. The van der Waals surface area contributed by atoms with Gasteiger partial charge in [-0.25, -0.2) is 0 Å². The fourth-order valence-corrected chi connectivity index (χ4v) is 1.04. The van der Waals surface area contributed by atoms with E-state index in [0.29, 0.717) is 0 Å². The van der Waals surface area contributed by atoms with Gasteiger partial charge in [0.15, 0.2) is 0 Å². The SMILES string of the molecule is C=C1C(C)=CC(C)=[C-]N1C.[W+2]. The van der Waals surface area contributed by atoms with Gasteiger partial charge in [-0.2, -0.15) is 6.08 Å². The first-order valence-corrected chi connectivity index (χ1v) is 3.33. The van der Waals surface area contributed by atoms with E-state index in [9.17, 15) is 0 Å². The van der Waals surface area contributed by atoms with E-state index in [4.69, 9.17) is 0 Å². The first-order valence-electron chi connectivity index (χ1n) is 3.33. The number of hydrogen-bond donors (Lipinski definition) is 0. The van der Waals surface area contributed by atoms with Crippen LogP contribution in [0.3, 0.4) is 0 Å². The van der Waals surface area contributed by atoms with Crippen LogP contribution in [0.2, 0.25) is 0 Å². The van der Waals surface area contributed by atoms with Crippen LogP contribution in [-0.2, 0) is 21.1 Å². The van der Waals surface area contributed by atoms with E-state index in [2.05, 4.69) is 25.8 Å². The van der Waals surface area contributed by atoms with Crippen molar-refractivity contribution in [1.29, 1.82) is 0 Å². The second-order valence-corrected chi connectivity index (χ2v) is 2.63. The Hall–Kier alpha value is -0.292. The van der Waals surface area contributed by atoms with E-state index < -0.39 is 0 Å². The summed E-state index contributed by atoms with van der Waals surface area (Å²) >= 11 is 0. The zero-order chi connectivity index (χ0) is 7.72. The molecule has 0 aromatic heterocycles. The molecule has 0 aromatic rings. The molecule has 1 aliphatic heterocycles. The molecule has 0 bridgehead atoms. The standard InChI is InChI=1S/C9H12N.W/c1-7-5-8(2)9(3)10(4)6-7;/h5H,3H2,1-2,4H3;/q-1;+2. The normalized spacial score (nSPS) is 17.0. The average Bonchev–Trinajstić information content (AvgIpc) is 1.82. The molecule has 0 aromatic carbocycles. The Morgan fingerprint density at radius 3 is 2.45 bits per heavy atom. The molecule has 58 valence electrons. The van der Waals surface area contributed by atoms with Crippen LogP contribution in [0.25, 0.3) is 0 Å². The summed E-state index contributed by atoms with van der Waals surface area (Å²) < 4.78 is 0. The number of nitrogens with zero attached hydrogens (tertiary/aromatic N) is 1. The van der Waals surface area contributed by atoms with Crippen LogP contribution < -0.4 is 0 Å². The third-order valence-corrected chi connectivity index (χ3v) is 1.64. The number of allylic oxidation sites excluding steroid dienone is 3. The largest absolute Gasteiger partial charge is 2.00 e. The Balaban J connectivity index is 0.000001000. The summed E-state index contributed by atoms with van der Waals surface area (Å²) in [7, 11) is 1.96. The summed E-state index contributed by atoms with van der Waals surface area (Å²) in [6.45, 7) is 7.99. The molecule has 1 aliphatic rings. The third kappa shape index (κ3) is 2.34. The third-order valence-electron chi connectivity index (χ3n) is 1.64. The van der Waals surface area contributed by atoms with Gasteiger partial charge in [0.1, 0.15) is 0 Å². The van der Waals surface area contributed by atoms with Crippen LogP contribution in [0.4, 0.5) is 0 Å². The molecule has 0 atom stereocenters. The molecule has 0 N–H and O–H groups in total. The summed E-state index contributed by atoms with van der Waals surface area (Å²) in [5.41, 5.74) is 3.41. The molecule has 0 saturated heterocycles. The molecule has 0 saturated carbocycles. The van der Waals surface area contributed by atoms with Crippen molar-refractivity contribution >= 4 is 0 Å². The van der Waals surface area contributed by atoms with E-state index in [0.717, 1.165) is 11.3 Å². The van der Waals surface area contributed by atoms with Crippen molar-refractivity contribution in [2.75, 3.05) is 7.05 Å². The maximum absolute atomic E-state index is 3.89. The predicted molar refractivity (Wildman–Crippen MR) is 43.1 cm³/mol. The molecule has 1 heterocycles. The monoisotopic (exact) mass is 318 g/mol. The molecule has 0 spiro atoms. The van der Waals surface area contributed by atoms with Crippen molar-refractivity contribution in [2.45, 2.75) is 13.8 Å². The minimum atomic E-state index is 0. The van der Waals surface area contributed by atoms with E-state index in [1.165, 1.54) is 5.57 Å². The molecule has 1 rings (SSSR count). The molecule has 0 unspecified atom stereocenters. The zero-order valence-electron chi connectivity index (χ0n) is 7.14. The van der Waals surface area contributed by atoms with Crippen LogP contribution in [-0.4, -0.2) is 11.9 Å². The number of rotatable bonds is 0. The maximum Gasteiger partial charge on any atom is 2.00 e. The average molecular weight is 318 g/mol. The molecular formula is C9H12NW+. The Morgan fingerprint density at radius 1 is 1.45 bits per heavy atom. The van der Waals surface area contributed by atoms with Crippen molar-refractivity contribution in [1.82, 2.24) is 4.90 Å². The number of likely N-dealkylation sites (N-methyl/N-ethyl adjacent to an activating group) is 1. The van der Waals surface area contributed by atoms with Gasteiger partial charge in [0.05, 0.1) is 0 Å². The molecule has 2 heteroatoms. The first-order chi connectivity index (χ1) is 4.61. The number of hydrogen-bond acceptors (Lipinski definition) is 1. The summed E-state index contributed by atoms with van der Waals surface area (Å²) in [5, 5.41) is 0. The van der Waals surface area contributed by atoms with Crippen LogP contribution in [0.15, 0.2) is 29.5 Å². The van der Waals surface area contributed by atoms with Gasteiger partial charge >= 0.3 is 21.1 Å². The molecular weight excluding hydrogens is 306 g/mol. The van der Waals surface area contributed by atoms with Gasteiger partial charge in [0, 0.05) is 0 Å². The van der Waals surface area contributed by atoms with Gasteiger partial charge in [-0.1, -0.05) is 19.5 Å². The fraction of sp³-hybridized carbons (Fsp3) is 0.333.